The lowest BCUT2D eigenvalue weighted by atomic mass is 10.3. The molecule has 0 aromatic carbocycles. The molecule has 10 heavy (non-hydrogen) atoms. The fraction of sp³-hybridized carbons (Fsp3) is 0.600. The SMILES string of the molecule is CN1C(=O)C(N)C(Cl)C1=O. The average Bonchev–Trinajstić information content (AvgIpc) is 2.07. The second-order valence-electron chi connectivity index (χ2n) is 2.16. The number of likely N-dealkylation sites (tertiary alicyclic amines) is 1. The van der Waals surface area contributed by atoms with Crippen LogP contribution in [0.1, 0.15) is 0 Å². The van der Waals surface area contributed by atoms with Crippen molar-refractivity contribution in [2.24, 2.45) is 5.73 Å². The molecule has 2 amide bonds. The van der Waals surface area contributed by atoms with Crippen LogP contribution in [0.5, 0.6) is 0 Å². The van der Waals surface area contributed by atoms with Crippen molar-refractivity contribution < 1.29 is 9.59 Å². The Balaban J connectivity index is 2.89. The van der Waals surface area contributed by atoms with E-state index in [1.54, 1.807) is 0 Å². The molecule has 4 nitrogen and oxygen atoms in total. The van der Waals surface area contributed by atoms with Gasteiger partial charge in [0.05, 0.1) is 0 Å². The standard InChI is InChI=1S/C5H7ClN2O2/c1-8-4(9)2(6)3(7)5(8)10/h2-3H,7H2,1H3. The summed E-state index contributed by atoms with van der Waals surface area (Å²) in [6.07, 6.45) is 0. The Hall–Kier alpha value is -0.610. The first-order valence-corrected chi connectivity index (χ1v) is 3.20. The minimum Gasteiger partial charge on any atom is -0.318 e. The van der Waals surface area contributed by atoms with Gasteiger partial charge in [0.25, 0.3) is 0 Å². The number of likely N-dealkylation sites (N-methyl/N-ethyl adjacent to an activating group) is 1. The third-order valence-corrected chi connectivity index (χ3v) is 1.96. The number of halogens is 1. The van der Waals surface area contributed by atoms with Crippen molar-refractivity contribution in [2.75, 3.05) is 7.05 Å². The van der Waals surface area contributed by atoms with Gasteiger partial charge in [0.1, 0.15) is 11.4 Å². The normalized spacial score (nSPS) is 33.7. The van der Waals surface area contributed by atoms with Crippen LogP contribution in [0.25, 0.3) is 0 Å². The molecule has 0 radical (unpaired) electrons. The quantitative estimate of drug-likeness (QED) is 0.364. The first kappa shape index (κ1) is 7.50. The molecule has 1 fully saturated rings. The second-order valence-corrected chi connectivity index (χ2v) is 2.63. The van der Waals surface area contributed by atoms with Crippen molar-refractivity contribution in [2.45, 2.75) is 11.4 Å². The molecular formula is C5H7ClN2O2. The first-order valence-electron chi connectivity index (χ1n) is 2.76. The van der Waals surface area contributed by atoms with E-state index in [0.717, 1.165) is 4.90 Å². The molecule has 0 aliphatic carbocycles. The van der Waals surface area contributed by atoms with Crippen molar-refractivity contribution >= 4 is 23.4 Å². The summed E-state index contributed by atoms with van der Waals surface area (Å²) in [4.78, 5) is 22.6. The van der Waals surface area contributed by atoms with Crippen LogP contribution >= 0.6 is 11.6 Å². The summed E-state index contributed by atoms with van der Waals surface area (Å²) in [5.41, 5.74) is 5.26. The van der Waals surface area contributed by atoms with E-state index in [2.05, 4.69) is 0 Å². The Kier molecular flexibility index (Phi) is 1.66. The highest BCUT2D eigenvalue weighted by atomic mass is 35.5. The van der Waals surface area contributed by atoms with Gasteiger partial charge in [0, 0.05) is 7.05 Å². The maximum Gasteiger partial charge on any atom is 0.249 e. The predicted octanol–water partition coefficient (Wildman–Crippen LogP) is -1.08. The third kappa shape index (κ3) is 0.803. The fourth-order valence-electron chi connectivity index (χ4n) is 0.796. The van der Waals surface area contributed by atoms with Crippen LogP contribution in [-0.2, 0) is 9.59 Å². The predicted molar refractivity (Wildman–Crippen MR) is 35.4 cm³/mol. The van der Waals surface area contributed by atoms with E-state index in [-0.39, 0.29) is 0 Å². The van der Waals surface area contributed by atoms with E-state index in [4.69, 9.17) is 17.3 Å². The molecule has 0 bridgehead atoms. The molecule has 0 saturated carbocycles. The molecule has 56 valence electrons. The van der Waals surface area contributed by atoms with Crippen molar-refractivity contribution in [3.05, 3.63) is 0 Å². The summed E-state index contributed by atoms with van der Waals surface area (Å²) in [7, 11) is 1.37. The van der Waals surface area contributed by atoms with Gasteiger partial charge in [-0.15, -0.1) is 11.6 Å². The Morgan fingerprint density at radius 2 is 2.00 bits per heavy atom. The zero-order chi connectivity index (χ0) is 7.89. The maximum atomic E-state index is 10.8. The molecule has 0 spiro atoms. The molecule has 1 aliphatic rings. The van der Waals surface area contributed by atoms with Crippen LogP contribution in [0, 0.1) is 0 Å². The summed E-state index contributed by atoms with van der Waals surface area (Å²) in [6.45, 7) is 0. The highest BCUT2D eigenvalue weighted by molar-refractivity contribution is 6.36. The van der Waals surface area contributed by atoms with Crippen LogP contribution in [0.15, 0.2) is 0 Å². The zero-order valence-corrected chi connectivity index (χ0v) is 6.13. The molecule has 0 aromatic rings. The fourth-order valence-corrected chi connectivity index (χ4v) is 1.05. The van der Waals surface area contributed by atoms with Gasteiger partial charge in [0.15, 0.2) is 0 Å². The molecule has 1 aliphatic heterocycles. The Bertz CT molecular complexity index is 174. The molecule has 1 rings (SSSR count). The third-order valence-electron chi connectivity index (χ3n) is 1.50. The van der Waals surface area contributed by atoms with E-state index in [1.165, 1.54) is 7.05 Å². The molecule has 1 saturated heterocycles. The second kappa shape index (κ2) is 2.21. The van der Waals surface area contributed by atoms with Crippen molar-refractivity contribution in [1.29, 1.82) is 0 Å². The van der Waals surface area contributed by atoms with Gasteiger partial charge >= 0.3 is 0 Å². The van der Waals surface area contributed by atoms with Crippen molar-refractivity contribution in [1.82, 2.24) is 4.90 Å². The number of rotatable bonds is 0. The molecular weight excluding hydrogens is 156 g/mol. The minimum absolute atomic E-state index is 0.412. The van der Waals surface area contributed by atoms with Crippen LogP contribution in [0.2, 0.25) is 0 Å². The van der Waals surface area contributed by atoms with Crippen molar-refractivity contribution in [3.63, 3.8) is 0 Å². The minimum atomic E-state index is -0.877. The molecule has 0 aromatic heterocycles. The van der Waals surface area contributed by atoms with Gasteiger partial charge < -0.3 is 5.73 Å². The summed E-state index contributed by atoms with van der Waals surface area (Å²) < 4.78 is 0. The number of alkyl halides is 1. The van der Waals surface area contributed by atoms with Gasteiger partial charge in [-0.05, 0) is 0 Å². The Labute approximate surface area is 62.9 Å². The summed E-state index contributed by atoms with van der Waals surface area (Å²) in [5, 5.41) is -0.877. The van der Waals surface area contributed by atoms with Crippen LogP contribution in [0.3, 0.4) is 0 Å². The molecule has 2 unspecified atom stereocenters. The van der Waals surface area contributed by atoms with Crippen molar-refractivity contribution in [3.8, 4) is 0 Å². The van der Waals surface area contributed by atoms with E-state index < -0.39 is 23.2 Å². The molecule has 1 heterocycles. The van der Waals surface area contributed by atoms with Crippen LogP contribution < -0.4 is 5.73 Å². The smallest absolute Gasteiger partial charge is 0.249 e. The number of hydrogen-bond acceptors (Lipinski definition) is 3. The van der Waals surface area contributed by atoms with Gasteiger partial charge in [-0.3, -0.25) is 14.5 Å². The maximum absolute atomic E-state index is 10.8. The Morgan fingerprint density at radius 3 is 2.10 bits per heavy atom. The van der Waals surface area contributed by atoms with Gasteiger partial charge in [-0.1, -0.05) is 0 Å². The highest BCUT2D eigenvalue weighted by Crippen LogP contribution is 2.14. The Morgan fingerprint density at radius 1 is 1.50 bits per heavy atom. The van der Waals surface area contributed by atoms with E-state index >= 15 is 0 Å². The number of carbonyl (C=O) groups excluding carboxylic acids is 2. The highest BCUT2D eigenvalue weighted by Gasteiger charge is 2.42. The lowest BCUT2D eigenvalue weighted by Gasteiger charge is -2.02. The molecule has 2 atom stereocenters. The van der Waals surface area contributed by atoms with Gasteiger partial charge in [-0.2, -0.15) is 0 Å². The molecule has 5 heteroatoms. The van der Waals surface area contributed by atoms with Crippen LogP contribution in [0.4, 0.5) is 0 Å². The van der Waals surface area contributed by atoms with Gasteiger partial charge in [0.2, 0.25) is 11.8 Å². The number of imide groups is 1. The summed E-state index contributed by atoms with van der Waals surface area (Å²) >= 11 is 5.47. The molecule has 2 N–H and O–H groups in total. The lowest BCUT2D eigenvalue weighted by Crippen LogP contribution is -2.34. The van der Waals surface area contributed by atoms with E-state index in [9.17, 15) is 9.59 Å². The van der Waals surface area contributed by atoms with Crippen LogP contribution in [-0.4, -0.2) is 35.2 Å². The van der Waals surface area contributed by atoms with E-state index in [1.807, 2.05) is 0 Å². The number of nitrogens with zero attached hydrogens (tertiary/aromatic N) is 1. The van der Waals surface area contributed by atoms with Gasteiger partial charge in [-0.25, -0.2) is 0 Å². The summed E-state index contributed by atoms with van der Waals surface area (Å²) in [6, 6.07) is -0.862. The largest absolute Gasteiger partial charge is 0.318 e. The number of amides is 2. The monoisotopic (exact) mass is 162 g/mol. The topological polar surface area (TPSA) is 63.4 Å². The average molecular weight is 163 g/mol. The summed E-state index contributed by atoms with van der Waals surface area (Å²) in [5.74, 6) is -0.829. The zero-order valence-electron chi connectivity index (χ0n) is 5.37. The van der Waals surface area contributed by atoms with E-state index in [0.29, 0.717) is 0 Å². The number of carbonyl (C=O) groups is 2. The lowest BCUT2D eigenvalue weighted by molar-refractivity contribution is -0.136. The first-order chi connectivity index (χ1) is 4.55. The number of hydrogen-bond donors (Lipinski definition) is 1. The number of nitrogens with two attached hydrogens (primary N) is 1.